The third-order valence-electron chi connectivity index (χ3n) is 12.4. The van der Waals surface area contributed by atoms with Crippen molar-refractivity contribution in [3.05, 3.63) is 156 Å². The molecule has 4 aromatic carbocycles. The molecule has 2 heterocycles. The number of aromatic nitrogens is 2. The molecule has 1 atom stereocenters. The monoisotopic (exact) mass is 1210 g/mol. The second kappa shape index (κ2) is 28.4. The standard InChI is InChI=1S/C27H34Cl2N2O9P2.C26H31Cl2N2O5P/c1-3-5-17(2)14-22-25(19-8-11-24(21(29)16-19)40-42(36,37)38)26(27(30)32)23(15-18-6-9-20(28)10-7-18)31(22)12-4-13-39-41(33,34)35;1-16(2)13-22-24(19-8-5-17(3)21(28)15-19)25(26(29)31)23(14-18-6-9-20(27)10-7-18)30(22)11-4-12-35-36(32,33)34/h6-11,16-17H,3-5,12-15H2,1-2H3,(H2,30,32)(H2,33,34,35)(H2,36,37,38);5-10,15-16H,4,11-14H2,1-3H3,(H2,29,31)(H2,32,33,34). The van der Waals surface area contributed by atoms with Gasteiger partial charge in [0.2, 0.25) is 0 Å². The molecular formula is C53H65Cl4N4O14P3. The van der Waals surface area contributed by atoms with Gasteiger partial charge in [0.25, 0.3) is 11.8 Å². The molecule has 0 bridgehead atoms. The lowest BCUT2D eigenvalue weighted by atomic mass is 9.93. The number of hydrogen-bond acceptors (Lipinski definition) is 8. The Balaban J connectivity index is 0.000000291. The third kappa shape index (κ3) is 18.9. The maximum Gasteiger partial charge on any atom is 0.524 e. The van der Waals surface area contributed by atoms with Gasteiger partial charge in [0.05, 0.1) is 29.4 Å². The molecule has 18 nitrogen and oxygen atoms in total. The number of amides is 2. The van der Waals surface area contributed by atoms with Crippen LogP contribution in [0.25, 0.3) is 22.3 Å². The van der Waals surface area contributed by atoms with Gasteiger partial charge in [0.1, 0.15) is 5.75 Å². The summed E-state index contributed by atoms with van der Waals surface area (Å²) in [5.41, 5.74) is 20.8. The number of carbonyl (C=O) groups excluding carboxylic acids is 2. The Bertz CT molecular complexity index is 3210. The van der Waals surface area contributed by atoms with Crippen molar-refractivity contribution in [2.24, 2.45) is 23.3 Å². The first-order chi connectivity index (χ1) is 36.5. The lowest BCUT2D eigenvalue weighted by Gasteiger charge is -2.18. The highest BCUT2D eigenvalue weighted by atomic mass is 35.5. The van der Waals surface area contributed by atoms with E-state index < -0.39 is 35.3 Å². The molecule has 6 aromatic rings. The van der Waals surface area contributed by atoms with Crippen LogP contribution in [0.2, 0.25) is 20.1 Å². The summed E-state index contributed by atoms with van der Waals surface area (Å²) in [5, 5.41) is 1.65. The molecule has 10 N–H and O–H groups in total. The molecule has 2 aromatic heterocycles. The van der Waals surface area contributed by atoms with Crippen molar-refractivity contribution in [2.45, 2.75) is 99.1 Å². The molecule has 0 radical (unpaired) electrons. The van der Waals surface area contributed by atoms with Gasteiger partial charge in [0, 0.05) is 74.9 Å². The minimum Gasteiger partial charge on any atom is -0.403 e. The minimum atomic E-state index is -4.88. The molecule has 0 fully saturated rings. The van der Waals surface area contributed by atoms with Crippen molar-refractivity contribution in [1.29, 1.82) is 0 Å². The zero-order chi connectivity index (χ0) is 57.9. The number of nitrogens with two attached hydrogens (primary N) is 2. The number of benzene rings is 4. The average molecular weight is 1220 g/mol. The molecular weight excluding hydrogens is 1150 g/mol. The fourth-order valence-electron chi connectivity index (χ4n) is 9.25. The first kappa shape index (κ1) is 64.5. The Morgan fingerprint density at radius 2 is 1.01 bits per heavy atom. The van der Waals surface area contributed by atoms with Crippen molar-refractivity contribution in [1.82, 2.24) is 9.13 Å². The highest BCUT2D eigenvalue weighted by Gasteiger charge is 2.31. The van der Waals surface area contributed by atoms with Crippen LogP contribution in [0.1, 0.15) is 114 Å². The number of phosphoric acid groups is 3. The summed E-state index contributed by atoms with van der Waals surface area (Å²) in [4.78, 5) is 81.0. The first-order valence-corrected chi connectivity index (χ1v) is 30.9. The molecule has 0 aliphatic rings. The highest BCUT2D eigenvalue weighted by Crippen LogP contribution is 2.45. The van der Waals surface area contributed by atoms with Gasteiger partial charge in [-0.2, -0.15) is 0 Å². The number of phosphoric ester groups is 3. The molecule has 0 saturated heterocycles. The van der Waals surface area contributed by atoms with E-state index in [2.05, 4.69) is 41.3 Å². The van der Waals surface area contributed by atoms with Crippen molar-refractivity contribution >= 4 is 81.7 Å². The number of aryl methyl sites for hydroxylation is 1. The van der Waals surface area contributed by atoms with E-state index in [9.17, 15) is 33.1 Å². The zero-order valence-electron chi connectivity index (χ0n) is 43.6. The van der Waals surface area contributed by atoms with Crippen molar-refractivity contribution in [3.63, 3.8) is 0 Å². The SMILES string of the molecule is CCCC(C)Cc1c(-c2ccc(OP(=O)(O)O)c(Cl)c2)c(C(N)=O)c(Cc2ccc(Cl)cc2)n1CCCOP(=O)(O)O.Cc1ccc(-c2c(C(N)=O)c(Cc3ccc(Cl)cc3)n(CCCOP(=O)(O)O)c2CC(C)C)cc1Cl. The maximum atomic E-state index is 13.1. The van der Waals surface area contributed by atoms with Crippen LogP contribution < -0.4 is 16.0 Å². The van der Waals surface area contributed by atoms with Gasteiger partial charge >= 0.3 is 23.5 Å². The van der Waals surface area contributed by atoms with Crippen LogP contribution in [0.3, 0.4) is 0 Å². The lowest BCUT2D eigenvalue weighted by Crippen LogP contribution is -2.16. The Morgan fingerprint density at radius 3 is 1.38 bits per heavy atom. The zero-order valence-corrected chi connectivity index (χ0v) is 49.3. The van der Waals surface area contributed by atoms with Crippen LogP contribution in [0, 0.1) is 18.8 Å². The number of nitrogens with zero attached hydrogens (tertiary/aromatic N) is 2. The van der Waals surface area contributed by atoms with Gasteiger partial charge in [-0.05, 0) is 115 Å². The van der Waals surface area contributed by atoms with Gasteiger partial charge in [-0.15, -0.1) is 0 Å². The quantitative estimate of drug-likeness (QED) is 0.0185. The molecule has 0 aliphatic carbocycles. The summed E-state index contributed by atoms with van der Waals surface area (Å²) in [6.07, 6.45) is 4.24. The second-order valence-corrected chi connectivity index (χ2v) is 24.5. The molecule has 6 rings (SSSR count). The fraction of sp³-hybridized carbons (Fsp3) is 0.358. The predicted molar refractivity (Wildman–Crippen MR) is 304 cm³/mol. The Hall–Kier alpha value is -4.29. The summed E-state index contributed by atoms with van der Waals surface area (Å²) in [5.74, 6) is -1.04. The maximum absolute atomic E-state index is 13.1. The van der Waals surface area contributed by atoms with E-state index in [4.69, 9.17) is 77.4 Å². The van der Waals surface area contributed by atoms with Gasteiger partial charge in [-0.25, -0.2) is 13.7 Å². The second-order valence-electron chi connectivity index (χ2n) is 19.2. The van der Waals surface area contributed by atoms with E-state index >= 15 is 0 Å². The largest absolute Gasteiger partial charge is 0.524 e. The van der Waals surface area contributed by atoms with E-state index in [1.54, 1.807) is 30.3 Å². The van der Waals surface area contributed by atoms with E-state index in [-0.39, 0.29) is 60.8 Å². The van der Waals surface area contributed by atoms with E-state index in [1.165, 1.54) is 12.1 Å². The van der Waals surface area contributed by atoms with Crippen LogP contribution in [0.4, 0.5) is 0 Å². The van der Waals surface area contributed by atoms with Crippen LogP contribution in [-0.4, -0.2) is 63.5 Å². The fourth-order valence-corrected chi connectivity index (χ4v) is 11.1. The molecule has 0 aliphatic heterocycles. The van der Waals surface area contributed by atoms with Crippen LogP contribution >= 0.6 is 69.9 Å². The predicted octanol–water partition coefficient (Wildman–Crippen LogP) is 12.3. The van der Waals surface area contributed by atoms with E-state index in [1.807, 2.05) is 58.5 Å². The number of rotatable bonds is 26. The molecule has 78 heavy (non-hydrogen) atoms. The number of hydrogen-bond donors (Lipinski definition) is 8. The molecule has 2 amide bonds. The molecule has 0 saturated carbocycles. The summed E-state index contributed by atoms with van der Waals surface area (Å²) < 4.78 is 51.8. The lowest BCUT2D eigenvalue weighted by molar-refractivity contribution is 0.0991. The number of halogens is 4. The van der Waals surface area contributed by atoms with E-state index in [0.717, 1.165) is 57.7 Å². The Morgan fingerprint density at radius 1 is 0.590 bits per heavy atom. The number of primary amides is 2. The van der Waals surface area contributed by atoms with Gasteiger partial charge < -0.3 is 44.7 Å². The summed E-state index contributed by atoms with van der Waals surface area (Å²) in [6.45, 7) is 10.5. The highest BCUT2D eigenvalue weighted by molar-refractivity contribution is 7.47. The minimum absolute atomic E-state index is 0.0825. The van der Waals surface area contributed by atoms with Crippen molar-refractivity contribution in [2.75, 3.05) is 13.2 Å². The van der Waals surface area contributed by atoms with Gasteiger partial charge in [0.15, 0.2) is 0 Å². The molecule has 0 spiro atoms. The van der Waals surface area contributed by atoms with Crippen molar-refractivity contribution < 1.29 is 66.2 Å². The summed E-state index contributed by atoms with van der Waals surface area (Å²) >= 11 is 25.0. The normalized spacial score (nSPS) is 12.4. The average Bonchev–Trinajstić information content (AvgIpc) is 3.97. The van der Waals surface area contributed by atoms with E-state index in [0.29, 0.717) is 69.7 Å². The van der Waals surface area contributed by atoms with Gasteiger partial charge in [-0.1, -0.05) is 129 Å². The first-order valence-electron chi connectivity index (χ1n) is 24.7. The summed E-state index contributed by atoms with van der Waals surface area (Å²) in [6, 6.07) is 24.5. The third-order valence-corrected chi connectivity index (χ3v) is 15.1. The smallest absolute Gasteiger partial charge is 0.403 e. The van der Waals surface area contributed by atoms with Gasteiger partial charge in [-0.3, -0.25) is 28.4 Å². The van der Waals surface area contributed by atoms with Crippen LogP contribution in [-0.2, 0) is 61.5 Å². The molecule has 424 valence electrons. The Labute approximate surface area is 473 Å². The molecule has 25 heteroatoms. The summed E-state index contributed by atoms with van der Waals surface area (Å²) in [7, 11) is -14.1. The Kier molecular flexibility index (Phi) is 23.5. The van der Waals surface area contributed by atoms with Crippen LogP contribution in [0.5, 0.6) is 5.75 Å². The molecule has 1 unspecified atom stereocenters. The topological polar surface area (TPSA) is 296 Å². The van der Waals surface area contributed by atoms with Crippen LogP contribution in [0.15, 0.2) is 84.9 Å². The number of carbonyl (C=O) groups is 2. The van der Waals surface area contributed by atoms with Crippen molar-refractivity contribution in [3.8, 4) is 28.0 Å².